The topological polar surface area (TPSA) is 65.1 Å². The van der Waals surface area contributed by atoms with E-state index < -0.39 is 6.16 Å². The number of esters is 1. The van der Waals surface area contributed by atoms with Crippen LogP contribution in [0.4, 0.5) is 4.79 Å². The second-order valence-corrected chi connectivity index (χ2v) is 15.2. The van der Waals surface area contributed by atoms with Crippen LogP contribution in [0.2, 0.25) is 0 Å². The average Bonchev–Trinajstić information content (AvgIpc) is 3.11. The molecule has 0 saturated heterocycles. The van der Waals surface area contributed by atoms with Gasteiger partial charge in [-0.15, -0.1) is 0 Å². The molecule has 1 unspecified atom stereocenters. The Morgan fingerprint density at radius 3 is 1.65 bits per heavy atom. The normalized spacial score (nSPS) is 12.5. The highest BCUT2D eigenvalue weighted by Gasteiger charge is 2.22. The fourth-order valence-electron chi connectivity index (χ4n) is 6.57. The molecule has 6 nitrogen and oxygen atoms in total. The monoisotopic (exact) mass is 720 g/mol. The maximum atomic E-state index is 12.7. The van der Waals surface area contributed by atoms with Crippen molar-refractivity contribution in [3.63, 3.8) is 0 Å². The van der Waals surface area contributed by atoms with E-state index in [9.17, 15) is 9.59 Å². The first-order valence-electron chi connectivity index (χ1n) is 21.9. The van der Waals surface area contributed by atoms with E-state index in [1.165, 1.54) is 128 Å². The minimum atomic E-state index is -0.590. The summed E-state index contributed by atoms with van der Waals surface area (Å²) in [4.78, 5) is 27.3. The molecule has 0 amide bonds. The zero-order chi connectivity index (χ0) is 37.5. The van der Waals surface area contributed by atoms with Gasteiger partial charge in [-0.25, -0.2) is 4.79 Å². The molecule has 0 bridgehead atoms. The van der Waals surface area contributed by atoms with Gasteiger partial charge in [0.15, 0.2) is 0 Å². The van der Waals surface area contributed by atoms with Crippen LogP contribution in [-0.4, -0.2) is 57.0 Å². The third kappa shape index (κ3) is 37.7. The molecule has 0 N–H and O–H groups in total. The number of allylic oxidation sites excluding steroid dienone is 4. The lowest BCUT2D eigenvalue weighted by atomic mass is 9.88. The molecular formula is C45H85NO5. The zero-order valence-electron chi connectivity index (χ0n) is 34.6. The van der Waals surface area contributed by atoms with Crippen molar-refractivity contribution in [3.05, 3.63) is 24.3 Å². The molecule has 0 fully saturated rings. The molecule has 0 aromatic rings. The summed E-state index contributed by atoms with van der Waals surface area (Å²) in [5.41, 5.74) is 0. The Bertz CT molecular complexity index is 794. The molecule has 0 radical (unpaired) electrons. The lowest BCUT2D eigenvalue weighted by Gasteiger charge is -2.24. The van der Waals surface area contributed by atoms with Gasteiger partial charge in [0.1, 0.15) is 6.10 Å². The van der Waals surface area contributed by atoms with Gasteiger partial charge in [-0.3, -0.25) is 4.79 Å². The van der Waals surface area contributed by atoms with E-state index in [0.717, 1.165) is 51.5 Å². The quantitative estimate of drug-likeness (QED) is 0.0359. The Hall–Kier alpha value is -1.82. The predicted octanol–water partition coefficient (Wildman–Crippen LogP) is 13.7. The van der Waals surface area contributed by atoms with Gasteiger partial charge in [0.25, 0.3) is 0 Å². The fraction of sp³-hybridized carbons (Fsp3) is 0.867. The summed E-state index contributed by atoms with van der Waals surface area (Å²) >= 11 is 0. The molecule has 0 spiro atoms. The summed E-state index contributed by atoms with van der Waals surface area (Å²) in [6.45, 7) is 8.28. The lowest BCUT2D eigenvalue weighted by Crippen LogP contribution is -2.25. The Kier molecular flexibility index (Phi) is 38.0. The Morgan fingerprint density at radius 1 is 0.549 bits per heavy atom. The minimum Gasteiger partial charge on any atom is -0.466 e. The number of ether oxygens (including phenoxy) is 3. The maximum Gasteiger partial charge on any atom is 0.508 e. The Morgan fingerprint density at radius 2 is 1.06 bits per heavy atom. The molecule has 1 atom stereocenters. The first kappa shape index (κ1) is 49.2. The first-order valence-corrected chi connectivity index (χ1v) is 21.9. The van der Waals surface area contributed by atoms with E-state index in [2.05, 4.69) is 50.0 Å². The van der Waals surface area contributed by atoms with Crippen molar-refractivity contribution < 1.29 is 23.8 Å². The third-order valence-electron chi connectivity index (χ3n) is 9.79. The summed E-state index contributed by atoms with van der Waals surface area (Å²) in [6.07, 6.45) is 41.5. The van der Waals surface area contributed by atoms with Gasteiger partial charge in [-0.2, -0.15) is 0 Å². The fourth-order valence-corrected chi connectivity index (χ4v) is 6.57. The smallest absolute Gasteiger partial charge is 0.466 e. The maximum absolute atomic E-state index is 12.7. The van der Waals surface area contributed by atoms with Crippen LogP contribution in [0, 0.1) is 5.92 Å². The molecular weight excluding hydrogens is 634 g/mol. The van der Waals surface area contributed by atoms with E-state index in [0.29, 0.717) is 32.0 Å². The Labute approximate surface area is 317 Å². The molecule has 0 aliphatic rings. The third-order valence-corrected chi connectivity index (χ3v) is 9.79. The summed E-state index contributed by atoms with van der Waals surface area (Å²) in [7, 11) is 4.03. The number of unbranched alkanes of at least 4 members (excludes halogenated alkanes) is 18. The van der Waals surface area contributed by atoms with Crippen LogP contribution in [0.3, 0.4) is 0 Å². The van der Waals surface area contributed by atoms with E-state index in [1.54, 1.807) is 0 Å². The van der Waals surface area contributed by atoms with E-state index in [1.807, 2.05) is 14.1 Å². The molecule has 0 aliphatic heterocycles. The number of hydrogen-bond acceptors (Lipinski definition) is 6. The number of rotatable bonds is 38. The molecule has 6 heteroatoms. The van der Waals surface area contributed by atoms with Gasteiger partial charge in [-0.1, -0.05) is 167 Å². The van der Waals surface area contributed by atoms with Crippen molar-refractivity contribution in [3.8, 4) is 0 Å². The van der Waals surface area contributed by atoms with Crippen molar-refractivity contribution in [2.45, 2.75) is 213 Å². The summed E-state index contributed by atoms with van der Waals surface area (Å²) in [5.74, 6) is 0.374. The summed E-state index contributed by atoms with van der Waals surface area (Å²) in [6, 6.07) is 0. The number of nitrogens with zero attached hydrogens (tertiary/aromatic N) is 1. The van der Waals surface area contributed by atoms with Gasteiger partial charge in [0.05, 0.1) is 13.2 Å². The van der Waals surface area contributed by atoms with Gasteiger partial charge >= 0.3 is 12.1 Å². The molecule has 0 rings (SSSR count). The Balaban J connectivity index is 4.68. The lowest BCUT2D eigenvalue weighted by molar-refractivity contribution is -0.144. The van der Waals surface area contributed by atoms with Crippen molar-refractivity contribution in [1.82, 2.24) is 4.90 Å². The van der Waals surface area contributed by atoms with Gasteiger partial charge < -0.3 is 19.1 Å². The minimum absolute atomic E-state index is 0.138. The van der Waals surface area contributed by atoms with E-state index in [4.69, 9.17) is 14.2 Å². The SMILES string of the molecule is CCCCCC=CCC=CCCCCCCCC(=O)OCCC(CC(CCCCCCCC)CCCCCCCC)OC(=O)OCCCN(C)C. The highest BCUT2D eigenvalue weighted by atomic mass is 16.7. The van der Waals surface area contributed by atoms with Gasteiger partial charge in [-0.05, 0) is 71.4 Å². The van der Waals surface area contributed by atoms with Crippen LogP contribution >= 0.6 is 0 Å². The molecule has 0 saturated carbocycles. The molecule has 0 aromatic carbocycles. The van der Waals surface area contributed by atoms with Crippen molar-refractivity contribution >= 4 is 12.1 Å². The van der Waals surface area contributed by atoms with Crippen LogP contribution in [0.1, 0.15) is 207 Å². The van der Waals surface area contributed by atoms with Crippen LogP contribution < -0.4 is 0 Å². The second-order valence-electron chi connectivity index (χ2n) is 15.2. The molecule has 0 aliphatic carbocycles. The van der Waals surface area contributed by atoms with Crippen LogP contribution in [0.5, 0.6) is 0 Å². The largest absolute Gasteiger partial charge is 0.508 e. The number of carbonyl (C=O) groups is 2. The van der Waals surface area contributed by atoms with Gasteiger partial charge in [0, 0.05) is 19.4 Å². The first-order chi connectivity index (χ1) is 24.9. The van der Waals surface area contributed by atoms with Crippen LogP contribution in [0.25, 0.3) is 0 Å². The second kappa shape index (κ2) is 39.4. The zero-order valence-corrected chi connectivity index (χ0v) is 34.6. The van der Waals surface area contributed by atoms with E-state index >= 15 is 0 Å². The van der Waals surface area contributed by atoms with Crippen molar-refractivity contribution in [2.24, 2.45) is 5.92 Å². The molecule has 300 valence electrons. The predicted molar refractivity (Wildman–Crippen MR) is 218 cm³/mol. The number of hydrogen-bond donors (Lipinski definition) is 0. The summed E-state index contributed by atoms with van der Waals surface area (Å²) < 4.78 is 17.0. The van der Waals surface area contributed by atoms with Crippen LogP contribution in [0.15, 0.2) is 24.3 Å². The molecule has 0 heterocycles. The van der Waals surface area contributed by atoms with Crippen molar-refractivity contribution in [1.29, 1.82) is 0 Å². The number of carbonyl (C=O) groups excluding carboxylic acids is 2. The standard InChI is InChI=1S/C45H85NO5/c1-6-9-12-15-18-19-20-21-22-23-24-25-26-29-32-36-44(47)49-40-37-43(51-45(48)50-39-33-38-46(4)5)41-42(34-30-27-16-13-10-7-2)35-31-28-17-14-11-8-3/h18-19,21-22,42-43H,6-17,20,23-41H2,1-5H3. The molecule has 51 heavy (non-hydrogen) atoms. The average molecular weight is 720 g/mol. The molecule has 0 aromatic heterocycles. The van der Waals surface area contributed by atoms with Gasteiger partial charge in [0.2, 0.25) is 0 Å². The highest BCUT2D eigenvalue weighted by molar-refractivity contribution is 5.69. The van der Waals surface area contributed by atoms with Crippen LogP contribution in [-0.2, 0) is 19.0 Å². The summed E-state index contributed by atoms with van der Waals surface area (Å²) in [5, 5.41) is 0. The highest BCUT2D eigenvalue weighted by Crippen LogP contribution is 2.26. The van der Waals surface area contributed by atoms with E-state index in [-0.39, 0.29) is 12.1 Å². The van der Waals surface area contributed by atoms with Crippen molar-refractivity contribution in [2.75, 3.05) is 33.9 Å².